The predicted octanol–water partition coefficient (Wildman–Crippen LogP) is 0.555. The number of nitrogens with one attached hydrogen (secondary N) is 2. The minimum atomic E-state index is -0.881. The molecule has 1 fully saturated rings. The van der Waals surface area contributed by atoms with Gasteiger partial charge in [0.2, 0.25) is 0 Å². The summed E-state index contributed by atoms with van der Waals surface area (Å²) in [6.07, 6.45) is 2.44. The standard InChI is InChI=1S/C12H22N2O4S/c1-2-19(18)7-6-13-12(17)14-8-9-4-3-5-10(9)11(15)16/h9-10H,2-8H2,1H3,(H,15,16)(H2,13,14,17). The van der Waals surface area contributed by atoms with Crippen LogP contribution in [0.15, 0.2) is 0 Å². The summed E-state index contributed by atoms with van der Waals surface area (Å²) in [6.45, 7) is 2.60. The van der Waals surface area contributed by atoms with Gasteiger partial charge in [0.05, 0.1) is 5.92 Å². The van der Waals surface area contributed by atoms with Gasteiger partial charge in [-0.2, -0.15) is 0 Å². The second kappa shape index (κ2) is 8.14. The Morgan fingerprint density at radius 3 is 2.68 bits per heavy atom. The number of carboxylic acid groups (broad SMARTS) is 1. The molecule has 1 aliphatic rings. The van der Waals surface area contributed by atoms with Gasteiger partial charge in [-0.25, -0.2) is 4.79 Å². The first-order valence-electron chi connectivity index (χ1n) is 6.64. The average Bonchev–Trinajstić information content (AvgIpc) is 2.84. The van der Waals surface area contributed by atoms with Crippen molar-refractivity contribution in [2.75, 3.05) is 24.6 Å². The summed E-state index contributed by atoms with van der Waals surface area (Å²) in [7, 11) is -0.881. The average molecular weight is 290 g/mol. The molecule has 0 saturated heterocycles. The lowest BCUT2D eigenvalue weighted by Gasteiger charge is -2.16. The van der Waals surface area contributed by atoms with E-state index >= 15 is 0 Å². The Balaban J connectivity index is 2.19. The Kier molecular flexibility index (Phi) is 6.83. The smallest absolute Gasteiger partial charge is 0.314 e. The lowest BCUT2D eigenvalue weighted by Crippen LogP contribution is -2.41. The summed E-state index contributed by atoms with van der Waals surface area (Å²) in [4.78, 5) is 22.5. The van der Waals surface area contributed by atoms with Crippen molar-refractivity contribution in [2.24, 2.45) is 11.8 Å². The molecular weight excluding hydrogens is 268 g/mol. The van der Waals surface area contributed by atoms with Crippen LogP contribution in [-0.2, 0) is 15.6 Å². The number of urea groups is 1. The molecule has 0 aliphatic heterocycles. The van der Waals surface area contributed by atoms with E-state index in [2.05, 4.69) is 10.6 Å². The molecule has 1 rings (SSSR count). The summed E-state index contributed by atoms with van der Waals surface area (Å²) in [5.74, 6) is -0.0551. The van der Waals surface area contributed by atoms with E-state index in [-0.39, 0.29) is 17.9 Å². The maximum Gasteiger partial charge on any atom is 0.314 e. The molecule has 0 aromatic carbocycles. The van der Waals surface area contributed by atoms with Gasteiger partial charge in [0.15, 0.2) is 0 Å². The van der Waals surface area contributed by atoms with Crippen molar-refractivity contribution in [3.8, 4) is 0 Å². The highest BCUT2D eigenvalue weighted by Crippen LogP contribution is 2.31. The van der Waals surface area contributed by atoms with Crippen LogP contribution in [0.2, 0.25) is 0 Å². The maximum atomic E-state index is 11.5. The van der Waals surface area contributed by atoms with E-state index in [1.807, 2.05) is 6.92 Å². The molecule has 0 heterocycles. The van der Waals surface area contributed by atoms with Gasteiger partial charge in [-0.3, -0.25) is 9.00 Å². The maximum absolute atomic E-state index is 11.5. The third-order valence-corrected chi connectivity index (χ3v) is 4.74. The van der Waals surface area contributed by atoms with E-state index in [4.69, 9.17) is 5.11 Å². The van der Waals surface area contributed by atoms with Crippen LogP contribution in [-0.4, -0.2) is 45.9 Å². The third-order valence-electron chi connectivity index (χ3n) is 3.44. The van der Waals surface area contributed by atoms with Gasteiger partial charge in [-0.1, -0.05) is 13.3 Å². The number of carbonyl (C=O) groups is 2. The van der Waals surface area contributed by atoms with Crippen LogP contribution in [0.5, 0.6) is 0 Å². The van der Waals surface area contributed by atoms with Crippen molar-refractivity contribution in [1.29, 1.82) is 0 Å². The monoisotopic (exact) mass is 290 g/mol. The molecule has 0 radical (unpaired) electrons. The molecule has 3 N–H and O–H groups in total. The number of aliphatic carboxylic acids is 1. The van der Waals surface area contributed by atoms with Crippen molar-refractivity contribution >= 4 is 22.8 Å². The molecule has 0 bridgehead atoms. The molecule has 1 saturated carbocycles. The van der Waals surface area contributed by atoms with Crippen LogP contribution in [0.3, 0.4) is 0 Å². The Labute approximate surface area is 115 Å². The zero-order chi connectivity index (χ0) is 14.3. The molecule has 7 heteroatoms. The Bertz CT molecular complexity index is 349. The van der Waals surface area contributed by atoms with Crippen LogP contribution in [0.25, 0.3) is 0 Å². The van der Waals surface area contributed by atoms with E-state index in [0.29, 0.717) is 31.0 Å². The second-order valence-corrected chi connectivity index (χ2v) is 6.57. The highest BCUT2D eigenvalue weighted by Gasteiger charge is 2.32. The fraction of sp³-hybridized carbons (Fsp3) is 0.833. The Morgan fingerprint density at radius 1 is 1.32 bits per heavy atom. The first-order chi connectivity index (χ1) is 9.04. The van der Waals surface area contributed by atoms with Gasteiger partial charge >= 0.3 is 12.0 Å². The van der Waals surface area contributed by atoms with Gasteiger partial charge in [-0.15, -0.1) is 0 Å². The van der Waals surface area contributed by atoms with Crippen molar-refractivity contribution in [3.05, 3.63) is 0 Å². The molecule has 0 spiro atoms. The van der Waals surface area contributed by atoms with E-state index < -0.39 is 16.8 Å². The van der Waals surface area contributed by atoms with E-state index in [0.717, 1.165) is 12.8 Å². The zero-order valence-corrected chi connectivity index (χ0v) is 12.0. The van der Waals surface area contributed by atoms with Gasteiger partial charge < -0.3 is 15.7 Å². The largest absolute Gasteiger partial charge is 0.481 e. The molecule has 2 amide bonds. The van der Waals surface area contributed by atoms with Crippen molar-refractivity contribution in [2.45, 2.75) is 26.2 Å². The normalized spacial score (nSPS) is 23.8. The molecule has 3 atom stereocenters. The summed E-state index contributed by atoms with van der Waals surface area (Å²) < 4.78 is 11.2. The molecule has 0 aromatic heterocycles. The highest BCUT2D eigenvalue weighted by molar-refractivity contribution is 7.84. The minimum Gasteiger partial charge on any atom is -0.481 e. The molecule has 3 unspecified atom stereocenters. The van der Waals surface area contributed by atoms with E-state index in [9.17, 15) is 13.8 Å². The van der Waals surface area contributed by atoms with Crippen LogP contribution in [0.4, 0.5) is 4.79 Å². The van der Waals surface area contributed by atoms with E-state index in [1.165, 1.54) is 0 Å². The predicted molar refractivity (Wildman–Crippen MR) is 73.4 cm³/mol. The molecule has 0 aromatic rings. The fourth-order valence-corrected chi connectivity index (χ4v) is 2.93. The number of carbonyl (C=O) groups excluding carboxylic acids is 1. The molecule has 19 heavy (non-hydrogen) atoms. The lowest BCUT2D eigenvalue weighted by molar-refractivity contribution is -0.142. The second-order valence-electron chi connectivity index (χ2n) is 4.71. The van der Waals surface area contributed by atoms with E-state index in [1.54, 1.807) is 0 Å². The van der Waals surface area contributed by atoms with Crippen molar-refractivity contribution in [3.63, 3.8) is 0 Å². The number of hydrogen-bond acceptors (Lipinski definition) is 3. The summed E-state index contributed by atoms with van der Waals surface area (Å²) >= 11 is 0. The lowest BCUT2D eigenvalue weighted by atomic mass is 9.96. The molecule has 1 aliphatic carbocycles. The van der Waals surface area contributed by atoms with Gasteiger partial charge in [0, 0.05) is 35.4 Å². The van der Waals surface area contributed by atoms with Crippen LogP contribution in [0, 0.1) is 11.8 Å². The van der Waals surface area contributed by atoms with Gasteiger partial charge in [0.1, 0.15) is 0 Å². The molecule has 6 nitrogen and oxygen atoms in total. The molecular formula is C12H22N2O4S. The Hall–Kier alpha value is -1.11. The molecule has 110 valence electrons. The van der Waals surface area contributed by atoms with Crippen molar-refractivity contribution < 1.29 is 18.9 Å². The van der Waals surface area contributed by atoms with Crippen molar-refractivity contribution in [1.82, 2.24) is 10.6 Å². The first kappa shape index (κ1) is 15.9. The first-order valence-corrected chi connectivity index (χ1v) is 8.12. The SMILES string of the molecule is CCS(=O)CCNC(=O)NCC1CCCC1C(=O)O. The van der Waals surface area contributed by atoms with Gasteiger partial charge in [-0.05, 0) is 18.8 Å². The summed E-state index contributed by atoms with van der Waals surface area (Å²) in [6, 6.07) is -0.316. The van der Waals surface area contributed by atoms with Crippen LogP contribution in [0.1, 0.15) is 26.2 Å². The Morgan fingerprint density at radius 2 is 2.05 bits per heavy atom. The fourth-order valence-electron chi connectivity index (χ4n) is 2.32. The van der Waals surface area contributed by atoms with Gasteiger partial charge in [0.25, 0.3) is 0 Å². The quantitative estimate of drug-likeness (QED) is 0.638. The van der Waals surface area contributed by atoms with Crippen LogP contribution >= 0.6 is 0 Å². The number of hydrogen-bond donors (Lipinski definition) is 3. The third kappa shape index (κ3) is 5.59. The number of amides is 2. The minimum absolute atomic E-state index is 0.0213. The number of rotatable bonds is 7. The summed E-state index contributed by atoms with van der Waals surface area (Å²) in [5.41, 5.74) is 0. The highest BCUT2D eigenvalue weighted by atomic mass is 32.2. The topological polar surface area (TPSA) is 95.5 Å². The number of carboxylic acids is 1. The summed E-state index contributed by atoms with van der Waals surface area (Å²) in [5, 5.41) is 14.3. The van der Waals surface area contributed by atoms with Crippen LogP contribution < -0.4 is 10.6 Å². The zero-order valence-electron chi connectivity index (χ0n) is 11.2.